The van der Waals surface area contributed by atoms with E-state index in [4.69, 9.17) is 14.8 Å². The molecule has 8 nitrogen and oxygen atoms in total. The Morgan fingerprint density at radius 2 is 2.26 bits per heavy atom. The number of nitrogens with zero attached hydrogens (tertiary/aromatic N) is 4. The van der Waals surface area contributed by atoms with Gasteiger partial charge < -0.3 is 15.2 Å². The van der Waals surface area contributed by atoms with Gasteiger partial charge in [-0.25, -0.2) is 9.97 Å². The summed E-state index contributed by atoms with van der Waals surface area (Å²) in [4.78, 5) is 24.1. The monoisotopic (exact) mass is 389 g/mol. The van der Waals surface area contributed by atoms with Gasteiger partial charge in [0.15, 0.2) is 5.65 Å². The SMILES string of the molecule is Cc1nc2sc3c(c2c2nc(C(=O)NCCOCCO)nn12)C(C)CCC3. The topological polar surface area (TPSA) is 102 Å². The fourth-order valence-electron chi connectivity index (χ4n) is 3.66. The number of ether oxygens (including phenoxy) is 1. The Balaban J connectivity index is 1.69. The zero-order valence-corrected chi connectivity index (χ0v) is 16.3. The lowest BCUT2D eigenvalue weighted by atomic mass is 9.87. The van der Waals surface area contributed by atoms with Crippen molar-refractivity contribution >= 4 is 33.1 Å². The maximum Gasteiger partial charge on any atom is 0.291 e. The molecule has 0 aliphatic heterocycles. The maximum atomic E-state index is 12.4. The molecule has 3 heterocycles. The fraction of sp³-hybridized carbons (Fsp3) is 0.556. The van der Waals surface area contributed by atoms with Crippen LogP contribution in [-0.4, -0.2) is 57.0 Å². The number of carbonyl (C=O) groups excluding carboxylic acids is 1. The number of hydrogen-bond acceptors (Lipinski definition) is 7. The molecule has 2 N–H and O–H groups in total. The highest BCUT2D eigenvalue weighted by atomic mass is 32.1. The Labute approximate surface area is 160 Å². The molecule has 1 atom stereocenters. The minimum atomic E-state index is -0.337. The predicted octanol–water partition coefficient (Wildman–Crippen LogP) is 1.83. The average molecular weight is 389 g/mol. The van der Waals surface area contributed by atoms with E-state index in [0.29, 0.717) is 24.7 Å². The summed E-state index contributed by atoms with van der Waals surface area (Å²) in [7, 11) is 0. The van der Waals surface area contributed by atoms with Crippen LogP contribution in [0.1, 0.15) is 52.6 Å². The summed E-state index contributed by atoms with van der Waals surface area (Å²) in [6, 6.07) is 0. The smallest absolute Gasteiger partial charge is 0.291 e. The van der Waals surface area contributed by atoms with E-state index in [1.54, 1.807) is 15.9 Å². The van der Waals surface area contributed by atoms with Crippen LogP contribution in [0, 0.1) is 6.92 Å². The van der Waals surface area contributed by atoms with Crippen LogP contribution in [-0.2, 0) is 11.2 Å². The number of aliphatic hydroxyl groups excluding tert-OH is 1. The fourth-order valence-corrected chi connectivity index (χ4v) is 5.04. The van der Waals surface area contributed by atoms with E-state index >= 15 is 0 Å². The van der Waals surface area contributed by atoms with Crippen LogP contribution >= 0.6 is 11.3 Å². The first-order valence-electron chi connectivity index (χ1n) is 9.25. The highest BCUT2D eigenvalue weighted by Crippen LogP contribution is 2.42. The van der Waals surface area contributed by atoms with Crippen molar-refractivity contribution in [2.75, 3.05) is 26.4 Å². The van der Waals surface area contributed by atoms with Gasteiger partial charge in [-0.3, -0.25) is 4.79 Å². The van der Waals surface area contributed by atoms with Gasteiger partial charge in [0.2, 0.25) is 5.82 Å². The molecule has 1 aliphatic carbocycles. The molecule has 1 aliphatic rings. The van der Waals surface area contributed by atoms with Crippen molar-refractivity contribution in [1.82, 2.24) is 24.9 Å². The summed E-state index contributed by atoms with van der Waals surface area (Å²) in [6.07, 6.45) is 3.45. The summed E-state index contributed by atoms with van der Waals surface area (Å²) in [5.74, 6) is 0.990. The zero-order chi connectivity index (χ0) is 19.0. The maximum absolute atomic E-state index is 12.4. The summed E-state index contributed by atoms with van der Waals surface area (Å²) >= 11 is 1.74. The predicted molar refractivity (Wildman–Crippen MR) is 102 cm³/mol. The number of aryl methyl sites for hydroxylation is 2. The number of rotatable bonds is 6. The summed E-state index contributed by atoms with van der Waals surface area (Å²) in [5, 5.41) is 16.9. The molecule has 27 heavy (non-hydrogen) atoms. The molecular weight excluding hydrogens is 366 g/mol. The molecule has 1 unspecified atom stereocenters. The number of amides is 1. The summed E-state index contributed by atoms with van der Waals surface area (Å²) in [5.41, 5.74) is 2.04. The quantitative estimate of drug-likeness (QED) is 0.624. The van der Waals surface area contributed by atoms with Crippen molar-refractivity contribution in [3.63, 3.8) is 0 Å². The zero-order valence-electron chi connectivity index (χ0n) is 15.5. The first-order chi connectivity index (χ1) is 13.1. The van der Waals surface area contributed by atoms with Crippen LogP contribution in [0.15, 0.2) is 0 Å². The Hall–Kier alpha value is -2.10. The van der Waals surface area contributed by atoms with Crippen molar-refractivity contribution < 1.29 is 14.6 Å². The van der Waals surface area contributed by atoms with E-state index in [1.165, 1.54) is 16.9 Å². The number of carbonyl (C=O) groups is 1. The first kappa shape index (κ1) is 18.3. The van der Waals surface area contributed by atoms with E-state index in [2.05, 4.69) is 22.3 Å². The third kappa shape index (κ3) is 3.30. The van der Waals surface area contributed by atoms with E-state index in [0.717, 1.165) is 28.9 Å². The third-order valence-electron chi connectivity index (χ3n) is 4.91. The van der Waals surface area contributed by atoms with Gasteiger partial charge in [-0.2, -0.15) is 4.52 Å². The normalized spacial score (nSPS) is 16.8. The lowest BCUT2D eigenvalue weighted by Gasteiger charge is -2.18. The van der Waals surface area contributed by atoms with E-state index in [-0.39, 0.29) is 24.9 Å². The van der Waals surface area contributed by atoms with Crippen LogP contribution in [0.25, 0.3) is 15.9 Å². The number of thiophene rings is 1. The molecular formula is C18H23N5O3S. The Morgan fingerprint density at radius 1 is 1.41 bits per heavy atom. The number of fused-ring (bicyclic) bond motifs is 5. The van der Waals surface area contributed by atoms with Gasteiger partial charge in [0.25, 0.3) is 5.91 Å². The largest absolute Gasteiger partial charge is 0.394 e. The highest BCUT2D eigenvalue weighted by molar-refractivity contribution is 7.19. The molecule has 0 spiro atoms. The third-order valence-corrected chi connectivity index (χ3v) is 6.07. The molecule has 3 aromatic heterocycles. The standard InChI is InChI=1S/C18H23N5O3S/c1-10-4-3-5-12-13(10)14-16-21-15(17(25)19-6-8-26-9-7-24)22-23(16)11(2)20-18(14)27-12/h10,24H,3-9H2,1-2H3,(H,19,25). The molecule has 0 fully saturated rings. The van der Waals surface area contributed by atoms with Crippen molar-refractivity contribution in [2.24, 2.45) is 0 Å². The molecule has 0 saturated carbocycles. The van der Waals surface area contributed by atoms with E-state index in [1.807, 2.05) is 6.92 Å². The number of aromatic nitrogens is 4. The van der Waals surface area contributed by atoms with Gasteiger partial charge >= 0.3 is 0 Å². The highest BCUT2D eigenvalue weighted by Gasteiger charge is 2.26. The molecule has 0 aromatic carbocycles. The second-order valence-electron chi connectivity index (χ2n) is 6.83. The van der Waals surface area contributed by atoms with Gasteiger partial charge in [-0.1, -0.05) is 6.92 Å². The lowest BCUT2D eigenvalue weighted by molar-refractivity contribution is 0.0832. The second-order valence-corrected chi connectivity index (χ2v) is 7.92. The van der Waals surface area contributed by atoms with Crippen LogP contribution < -0.4 is 5.32 Å². The Bertz CT molecular complexity index is 996. The molecule has 0 saturated heterocycles. The molecule has 4 rings (SSSR count). The first-order valence-corrected chi connectivity index (χ1v) is 10.1. The second kappa shape index (κ2) is 7.49. The van der Waals surface area contributed by atoms with Gasteiger partial charge in [0, 0.05) is 11.4 Å². The van der Waals surface area contributed by atoms with E-state index < -0.39 is 0 Å². The molecule has 0 bridgehead atoms. The van der Waals surface area contributed by atoms with Crippen LogP contribution in [0.5, 0.6) is 0 Å². The molecule has 1 amide bonds. The average Bonchev–Trinajstić information content (AvgIpc) is 3.23. The van der Waals surface area contributed by atoms with Gasteiger partial charge in [-0.05, 0) is 37.7 Å². The molecule has 3 aromatic rings. The number of aliphatic hydroxyl groups is 1. The van der Waals surface area contributed by atoms with Crippen molar-refractivity contribution in [3.05, 3.63) is 22.1 Å². The minimum Gasteiger partial charge on any atom is -0.394 e. The van der Waals surface area contributed by atoms with Gasteiger partial charge in [0.1, 0.15) is 10.7 Å². The number of hydrogen-bond donors (Lipinski definition) is 2. The van der Waals surface area contributed by atoms with Crippen LogP contribution in [0.3, 0.4) is 0 Å². The van der Waals surface area contributed by atoms with Gasteiger partial charge in [0.05, 0.1) is 25.2 Å². The molecule has 0 radical (unpaired) electrons. The lowest BCUT2D eigenvalue weighted by Crippen LogP contribution is -2.28. The van der Waals surface area contributed by atoms with Gasteiger partial charge in [-0.15, -0.1) is 16.4 Å². The minimum absolute atomic E-state index is 0.0341. The van der Waals surface area contributed by atoms with Crippen molar-refractivity contribution in [2.45, 2.75) is 39.0 Å². The Morgan fingerprint density at radius 3 is 3.07 bits per heavy atom. The van der Waals surface area contributed by atoms with Crippen molar-refractivity contribution in [1.29, 1.82) is 0 Å². The Kier molecular flexibility index (Phi) is 5.07. The summed E-state index contributed by atoms with van der Waals surface area (Å²) in [6.45, 7) is 5.02. The summed E-state index contributed by atoms with van der Waals surface area (Å²) < 4.78 is 6.82. The molecule has 144 valence electrons. The molecule has 9 heteroatoms. The van der Waals surface area contributed by atoms with Crippen LogP contribution in [0.2, 0.25) is 0 Å². The van der Waals surface area contributed by atoms with Crippen molar-refractivity contribution in [3.8, 4) is 0 Å². The van der Waals surface area contributed by atoms with E-state index in [9.17, 15) is 4.79 Å². The van der Waals surface area contributed by atoms with Crippen LogP contribution in [0.4, 0.5) is 0 Å². The number of nitrogens with one attached hydrogen (secondary N) is 1.